The van der Waals surface area contributed by atoms with Crippen LogP contribution in [0.25, 0.3) is 0 Å². The van der Waals surface area contributed by atoms with Gasteiger partial charge in [-0.3, -0.25) is 10.1 Å². The van der Waals surface area contributed by atoms with Crippen LogP contribution in [0.4, 0.5) is 11.4 Å². The molecular formula is C23H29ClN4O2S. The highest BCUT2D eigenvalue weighted by Gasteiger charge is 2.18. The summed E-state index contributed by atoms with van der Waals surface area (Å²) in [5.41, 5.74) is 2.24. The Morgan fingerprint density at radius 3 is 2.39 bits per heavy atom. The topological polar surface area (TPSA) is 56.8 Å². The van der Waals surface area contributed by atoms with Crippen LogP contribution in [-0.4, -0.2) is 54.7 Å². The van der Waals surface area contributed by atoms with E-state index in [1.807, 2.05) is 32.0 Å². The first-order valence-electron chi connectivity index (χ1n) is 10.5. The van der Waals surface area contributed by atoms with Crippen LogP contribution in [0.15, 0.2) is 42.5 Å². The van der Waals surface area contributed by atoms with Crippen LogP contribution in [0, 0.1) is 0 Å². The maximum atomic E-state index is 12.4. The summed E-state index contributed by atoms with van der Waals surface area (Å²) in [6.07, 6.45) is 0.0793. The third-order valence-electron chi connectivity index (χ3n) is 5.08. The van der Waals surface area contributed by atoms with Gasteiger partial charge in [0.05, 0.1) is 16.8 Å². The standard InChI is InChI=1S/C23H29ClN4O2S/c1-4-27-11-13-28(14-12-27)21-10-7-18(15-20(21)24)25-23(31)26-22(29)17-5-8-19(9-6-17)30-16(2)3/h5-10,15-16H,4,11-14H2,1-3H3,(H2,25,26,29,31). The molecule has 6 nitrogen and oxygen atoms in total. The lowest BCUT2D eigenvalue weighted by atomic mass is 10.2. The normalized spacial score (nSPS) is 14.4. The van der Waals surface area contributed by atoms with Gasteiger partial charge in [-0.1, -0.05) is 18.5 Å². The number of hydrogen-bond donors (Lipinski definition) is 2. The molecule has 31 heavy (non-hydrogen) atoms. The molecule has 0 atom stereocenters. The summed E-state index contributed by atoms with van der Waals surface area (Å²) in [4.78, 5) is 17.2. The van der Waals surface area contributed by atoms with Crippen molar-refractivity contribution in [1.82, 2.24) is 10.2 Å². The van der Waals surface area contributed by atoms with Crippen molar-refractivity contribution in [3.63, 3.8) is 0 Å². The van der Waals surface area contributed by atoms with Crippen LogP contribution in [0.3, 0.4) is 0 Å². The maximum absolute atomic E-state index is 12.4. The molecule has 1 aliphatic heterocycles. The molecule has 2 N–H and O–H groups in total. The van der Waals surface area contributed by atoms with Gasteiger partial charge in [0, 0.05) is 37.4 Å². The number of rotatable bonds is 6. The average molecular weight is 461 g/mol. The second kappa shape index (κ2) is 10.8. The smallest absolute Gasteiger partial charge is 0.257 e. The van der Waals surface area contributed by atoms with Crippen molar-refractivity contribution in [2.75, 3.05) is 42.9 Å². The minimum absolute atomic E-state index is 0.0793. The number of ether oxygens (including phenoxy) is 1. The van der Waals surface area contributed by atoms with Crippen LogP contribution < -0.4 is 20.3 Å². The van der Waals surface area contributed by atoms with Gasteiger partial charge >= 0.3 is 0 Å². The van der Waals surface area contributed by atoms with Crippen molar-refractivity contribution in [3.05, 3.63) is 53.1 Å². The maximum Gasteiger partial charge on any atom is 0.257 e. The van der Waals surface area contributed by atoms with Crippen molar-refractivity contribution >= 4 is 46.2 Å². The second-order valence-electron chi connectivity index (χ2n) is 7.69. The fourth-order valence-corrected chi connectivity index (χ4v) is 3.95. The van der Waals surface area contributed by atoms with E-state index in [4.69, 9.17) is 28.6 Å². The first kappa shape index (κ1) is 23.3. The van der Waals surface area contributed by atoms with E-state index in [0.29, 0.717) is 10.6 Å². The number of amides is 1. The highest BCUT2D eigenvalue weighted by Crippen LogP contribution is 2.29. The Labute approximate surface area is 194 Å². The minimum Gasteiger partial charge on any atom is -0.491 e. The number of carbonyl (C=O) groups excluding carboxylic acids is 1. The van der Waals surface area contributed by atoms with Crippen LogP contribution in [0.2, 0.25) is 5.02 Å². The van der Waals surface area contributed by atoms with Crippen LogP contribution in [0.5, 0.6) is 5.75 Å². The van der Waals surface area contributed by atoms with Gasteiger partial charge in [-0.05, 0) is 75.1 Å². The summed E-state index contributed by atoms with van der Waals surface area (Å²) in [6.45, 7) is 11.1. The zero-order chi connectivity index (χ0) is 22.4. The molecule has 0 unspecified atom stereocenters. The molecule has 1 fully saturated rings. The molecule has 0 aliphatic carbocycles. The first-order chi connectivity index (χ1) is 14.9. The molecule has 0 aromatic heterocycles. The SMILES string of the molecule is CCN1CCN(c2ccc(NC(=S)NC(=O)c3ccc(OC(C)C)cc3)cc2Cl)CC1. The summed E-state index contributed by atoms with van der Waals surface area (Å²) in [6, 6.07) is 12.7. The number of anilines is 2. The Bertz CT molecular complexity index is 912. The molecule has 2 aromatic rings. The Kier molecular flexibility index (Phi) is 8.12. The van der Waals surface area contributed by atoms with E-state index in [-0.39, 0.29) is 17.1 Å². The van der Waals surface area contributed by atoms with Crippen molar-refractivity contribution in [2.24, 2.45) is 0 Å². The molecular weight excluding hydrogens is 432 g/mol. The molecule has 0 saturated carbocycles. The van der Waals surface area contributed by atoms with E-state index in [1.54, 1.807) is 24.3 Å². The lowest BCUT2D eigenvalue weighted by molar-refractivity contribution is 0.0977. The lowest BCUT2D eigenvalue weighted by Crippen LogP contribution is -2.46. The van der Waals surface area contributed by atoms with Gasteiger partial charge in [-0.15, -0.1) is 0 Å². The molecule has 0 bridgehead atoms. The summed E-state index contributed by atoms with van der Waals surface area (Å²) >= 11 is 11.8. The van der Waals surface area contributed by atoms with E-state index < -0.39 is 0 Å². The minimum atomic E-state index is -0.287. The number of hydrogen-bond acceptors (Lipinski definition) is 5. The predicted octanol–water partition coefficient (Wildman–Crippen LogP) is 4.40. The molecule has 3 rings (SSSR count). The summed E-state index contributed by atoms with van der Waals surface area (Å²) in [5.74, 6) is 0.434. The fourth-order valence-electron chi connectivity index (χ4n) is 3.44. The van der Waals surface area contributed by atoms with E-state index in [9.17, 15) is 4.79 Å². The van der Waals surface area contributed by atoms with Crippen molar-refractivity contribution in [2.45, 2.75) is 26.9 Å². The quantitative estimate of drug-likeness (QED) is 0.623. The van der Waals surface area contributed by atoms with Gasteiger partial charge < -0.3 is 19.9 Å². The number of benzene rings is 2. The van der Waals surface area contributed by atoms with Crippen LogP contribution >= 0.6 is 23.8 Å². The molecule has 2 aromatic carbocycles. The molecule has 1 amide bonds. The Balaban J connectivity index is 1.55. The summed E-state index contributed by atoms with van der Waals surface area (Å²) in [5, 5.41) is 6.60. The third-order valence-corrected chi connectivity index (χ3v) is 5.59. The zero-order valence-corrected chi connectivity index (χ0v) is 19.7. The van der Waals surface area contributed by atoms with Gasteiger partial charge in [0.25, 0.3) is 5.91 Å². The van der Waals surface area contributed by atoms with Gasteiger partial charge in [-0.2, -0.15) is 0 Å². The third kappa shape index (κ3) is 6.56. The highest BCUT2D eigenvalue weighted by molar-refractivity contribution is 7.80. The number of nitrogens with one attached hydrogen (secondary N) is 2. The Hall–Kier alpha value is -2.35. The highest BCUT2D eigenvalue weighted by atomic mass is 35.5. The fraction of sp³-hybridized carbons (Fsp3) is 0.391. The average Bonchev–Trinajstić information content (AvgIpc) is 2.74. The lowest BCUT2D eigenvalue weighted by Gasteiger charge is -2.36. The molecule has 1 aliphatic rings. The number of thiocarbonyl (C=S) groups is 1. The van der Waals surface area contributed by atoms with Gasteiger partial charge in [0.1, 0.15) is 5.75 Å². The number of nitrogens with zero attached hydrogens (tertiary/aromatic N) is 2. The number of piperazine rings is 1. The van der Waals surface area contributed by atoms with E-state index >= 15 is 0 Å². The number of carbonyl (C=O) groups is 1. The largest absolute Gasteiger partial charge is 0.491 e. The van der Waals surface area contributed by atoms with Crippen molar-refractivity contribution in [3.8, 4) is 5.75 Å². The second-order valence-corrected chi connectivity index (χ2v) is 8.50. The molecule has 166 valence electrons. The first-order valence-corrected chi connectivity index (χ1v) is 11.3. The molecule has 8 heteroatoms. The molecule has 0 radical (unpaired) electrons. The molecule has 0 spiro atoms. The van der Waals surface area contributed by atoms with Crippen molar-refractivity contribution < 1.29 is 9.53 Å². The van der Waals surface area contributed by atoms with Gasteiger partial charge in [0.2, 0.25) is 0 Å². The Morgan fingerprint density at radius 2 is 1.81 bits per heavy atom. The monoisotopic (exact) mass is 460 g/mol. The van der Waals surface area contributed by atoms with Gasteiger partial charge in [0.15, 0.2) is 5.11 Å². The number of halogens is 1. The summed E-state index contributed by atoms with van der Waals surface area (Å²) in [7, 11) is 0. The van der Waals surface area contributed by atoms with E-state index in [1.165, 1.54) is 0 Å². The number of likely N-dealkylation sites (N-methyl/N-ethyl adjacent to an activating group) is 1. The van der Waals surface area contributed by atoms with Crippen molar-refractivity contribution in [1.29, 1.82) is 0 Å². The van der Waals surface area contributed by atoms with E-state index in [0.717, 1.165) is 49.8 Å². The van der Waals surface area contributed by atoms with Crippen LogP contribution in [-0.2, 0) is 0 Å². The molecule has 1 heterocycles. The summed E-state index contributed by atoms with van der Waals surface area (Å²) < 4.78 is 5.60. The molecule has 1 saturated heterocycles. The van der Waals surface area contributed by atoms with Crippen LogP contribution in [0.1, 0.15) is 31.1 Å². The van der Waals surface area contributed by atoms with Gasteiger partial charge in [-0.25, -0.2) is 0 Å². The van der Waals surface area contributed by atoms with E-state index in [2.05, 4.69) is 27.4 Å². The Morgan fingerprint density at radius 1 is 1.13 bits per heavy atom. The zero-order valence-electron chi connectivity index (χ0n) is 18.2. The predicted molar refractivity (Wildman–Crippen MR) is 132 cm³/mol.